The van der Waals surface area contributed by atoms with E-state index in [4.69, 9.17) is 11.6 Å². The summed E-state index contributed by atoms with van der Waals surface area (Å²) in [7, 11) is 1.49. The number of benzene rings is 1. The van der Waals surface area contributed by atoms with Gasteiger partial charge in [0.1, 0.15) is 11.6 Å². The van der Waals surface area contributed by atoms with Gasteiger partial charge >= 0.3 is 6.61 Å². The van der Waals surface area contributed by atoms with Crippen molar-refractivity contribution in [2.75, 3.05) is 12.4 Å². The zero-order valence-electron chi connectivity index (χ0n) is 12.0. The van der Waals surface area contributed by atoms with Crippen molar-refractivity contribution in [3.05, 3.63) is 46.6 Å². The van der Waals surface area contributed by atoms with Crippen LogP contribution in [0.3, 0.4) is 0 Å². The molecule has 1 heterocycles. The van der Waals surface area contributed by atoms with Crippen LogP contribution in [0.5, 0.6) is 5.75 Å². The van der Waals surface area contributed by atoms with Crippen molar-refractivity contribution in [3.8, 4) is 5.75 Å². The van der Waals surface area contributed by atoms with E-state index in [9.17, 15) is 13.6 Å². The number of carbonyl (C=O) groups excluding carboxylic acids is 1. The molecule has 9 heteroatoms. The van der Waals surface area contributed by atoms with Gasteiger partial charge in [-0.1, -0.05) is 11.6 Å². The van der Waals surface area contributed by atoms with Crippen LogP contribution in [0.25, 0.3) is 0 Å². The SMILES string of the molecule is CNC(=O)c1ccc(NCc2cc(Cl)ccc2OC(F)F)nn1. The molecular formula is C14H13ClF2N4O2. The second-order valence-corrected chi connectivity index (χ2v) is 4.80. The molecule has 6 nitrogen and oxygen atoms in total. The van der Waals surface area contributed by atoms with E-state index in [1.54, 1.807) is 6.07 Å². The molecule has 0 aliphatic heterocycles. The molecule has 2 N–H and O–H groups in total. The number of aromatic nitrogens is 2. The van der Waals surface area contributed by atoms with Crippen molar-refractivity contribution in [2.45, 2.75) is 13.2 Å². The monoisotopic (exact) mass is 342 g/mol. The highest BCUT2D eigenvalue weighted by molar-refractivity contribution is 6.30. The number of hydrogen-bond donors (Lipinski definition) is 2. The van der Waals surface area contributed by atoms with Crippen LogP contribution in [0.2, 0.25) is 5.02 Å². The Morgan fingerprint density at radius 3 is 2.70 bits per heavy atom. The van der Waals surface area contributed by atoms with Gasteiger partial charge in [-0.3, -0.25) is 4.79 Å². The Hall–Kier alpha value is -2.48. The van der Waals surface area contributed by atoms with E-state index in [1.165, 1.54) is 31.3 Å². The molecule has 2 rings (SSSR count). The fraction of sp³-hybridized carbons (Fsp3) is 0.214. The number of nitrogens with zero attached hydrogens (tertiary/aromatic N) is 2. The number of carbonyl (C=O) groups is 1. The van der Waals surface area contributed by atoms with Crippen LogP contribution < -0.4 is 15.4 Å². The van der Waals surface area contributed by atoms with Gasteiger partial charge in [-0.2, -0.15) is 8.78 Å². The lowest BCUT2D eigenvalue weighted by Crippen LogP contribution is -2.19. The van der Waals surface area contributed by atoms with Crippen molar-refractivity contribution in [3.63, 3.8) is 0 Å². The van der Waals surface area contributed by atoms with Gasteiger partial charge in [0.25, 0.3) is 5.91 Å². The molecule has 0 fully saturated rings. The van der Waals surface area contributed by atoms with Crippen molar-refractivity contribution in [1.29, 1.82) is 0 Å². The number of anilines is 1. The molecule has 2 aromatic rings. The molecule has 1 amide bonds. The van der Waals surface area contributed by atoms with E-state index in [2.05, 4.69) is 25.6 Å². The van der Waals surface area contributed by atoms with Gasteiger partial charge in [0.05, 0.1) is 0 Å². The highest BCUT2D eigenvalue weighted by atomic mass is 35.5. The van der Waals surface area contributed by atoms with Crippen LogP contribution in [0, 0.1) is 0 Å². The smallest absolute Gasteiger partial charge is 0.387 e. The second-order valence-electron chi connectivity index (χ2n) is 4.37. The molecule has 0 saturated heterocycles. The third-order valence-electron chi connectivity index (χ3n) is 2.82. The van der Waals surface area contributed by atoms with Gasteiger partial charge in [0.2, 0.25) is 0 Å². The lowest BCUT2D eigenvalue weighted by Gasteiger charge is -2.12. The van der Waals surface area contributed by atoms with Crippen LogP contribution in [0.4, 0.5) is 14.6 Å². The molecule has 1 aromatic carbocycles. The summed E-state index contributed by atoms with van der Waals surface area (Å²) in [5.41, 5.74) is 0.609. The largest absolute Gasteiger partial charge is 0.434 e. The molecule has 0 spiro atoms. The highest BCUT2D eigenvalue weighted by Gasteiger charge is 2.11. The maximum atomic E-state index is 12.4. The number of rotatable bonds is 6. The minimum Gasteiger partial charge on any atom is -0.434 e. The molecule has 0 radical (unpaired) electrons. The van der Waals surface area contributed by atoms with Crippen LogP contribution in [-0.4, -0.2) is 29.8 Å². The zero-order valence-corrected chi connectivity index (χ0v) is 12.8. The molecule has 0 atom stereocenters. The summed E-state index contributed by atoms with van der Waals surface area (Å²) in [6.07, 6.45) is 0. The van der Waals surface area contributed by atoms with E-state index >= 15 is 0 Å². The van der Waals surface area contributed by atoms with Crippen LogP contribution in [0.15, 0.2) is 30.3 Å². The summed E-state index contributed by atoms with van der Waals surface area (Å²) in [5.74, 6) is 0.0407. The summed E-state index contributed by atoms with van der Waals surface area (Å²) in [4.78, 5) is 11.4. The van der Waals surface area contributed by atoms with E-state index in [0.29, 0.717) is 16.4 Å². The second kappa shape index (κ2) is 7.68. The molecule has 0 bridgehead atoms. The number of halogens is 3. The Bertz CT molecular complexity index is 683. The van der Waals surface area contributed by atoms with Crippen LogP contribution in [-0.2, 0) is 6.54 Å². The number of nitrogens with one attached hydrogen (secondary N) is 2. The number of hydrogen-bond acceptors (Lipinski definition) is 5. The fourth-order valence-corrected chi connectivity index (χ4v) is 1.95. The fourth-order valence-electron chi connectivity index (χ4n) is 1.76. The highest BCUT2D eigenvalue weighted by Crippen LogP contribution is 2.25. The van der Waals surface area contributed by atoms with Crippen molar-refractivity contribution >= 4 is 23.3 Å². The number of amides is 1. The lowest BCUT2D eigenvalue weighted by molar-refractivity contribution is -0.0504. The first-order chi connectivity index (χ1) is 11.0. The topological polar surface area (TPSA) is 76.1 Å². The average Bonchev–Trinajstić information content (AvgIpc) is 2.54. The lowest BCUT2D eigenvalue weighted by atomic mass is 10.2. The van der Waals surface area contributed by atoms with Gasteiger partial charge < -0.3 is 15.4 Å². The predicted octanol–water partition coefficient (Wildman–Crippen LogP) is 2.70. The van der Waals surface area contributed by atoms with Crippen LogP contribution >= 0.6 is 11.6 Å². The van der Waals surface area contributed by atoms with E-state index in [1.807, 2.05) is 0 Å². The maximum absolute atomic E-state index is 12.4. The summed E-state index contributed by atoms with van der Waals surface area (Å²) in [6, 6.07) is 7.38. The van der Waals surface area contributed by atoms with E-state index in [-0.39, 0.29) is 23.9 Å². The molecule has 0 aliphatic carbocycles. The molecule has 122 valence electrons. The normalized spacial score (nSPS) is 10.5. The summed E-state index contributed by atoms with van der Waals surface area (Å²) >= 11 is 5.86. The Morgan fingerprint density at radius 1 is 1.30 bits per heavy atom. The van der Waals surface area contributed by atoms with Gasteiger partial charge in [-0.05, 0) is 30.3 Å². The van der Waals surface area contributed by atoms with Gasteiger partial charge in [-0.15, -0.1) is 10.2 Å². The van der Waals surface area contributed by atoms with Gasteiger partial charge in [0, 0.05) is 24.2 Å². The van der Waals surface area contributed by atoms with E-state index < -0.39 is 6.61 Å². The van der Waals surface area contributed by atoms with Gasteiger partial charge in [0.15, 0.2) is 5.69 Å². The van der Waals surface area contributed by atoms with Crippen molar-refractivity contribution in [1.82, 2.24) is 15.5 Å². The summed E-state index contributed by atoms with van der Waals surface area (Å²) in [5, 5.41) is 13.3. The van der Waals surface area contributed by atoms with Crippen molar-refractivity contribution in [2.24, 2.45) is 0 Å². The Balaban J connectivity index is 2.08. The Kier molecular flexibility index (Phi) is 5.64. The molecular weight excluding hydrogens is 330 g/mol. The average molecular weight is 343 g/mol. The van der Waals surface area contributed by atoms with E-state index in [0.717, 1.165) is 0 Å². The summed E-state index contributed by atoms with van der Waals surface area (Å²) < 4.78 is 29.2. The maximum Gasteiger partial charge on any atom is 0.387 e. The third kappa shape index (κ3) is 4.75. The quantitative estimate of drug-likeness (QED) is 0.844. The van der Waals surface area contributed by atoms with Crippen LogP contribution in [0.1, 0.15) is 16.1 Å². The predicted molar refractivity (Wildman–Crippen MR) is 80.8 cm³/mol. The molecule has 1 aromatic heterocycles. The minimum atomic E-state index is -2.93. The Morgan fingerprint density at radius 2 is 2.09 bits per heavy atom. The first kappa shape index (κ1) is 16.9. The number of alkyl halides is 2. The molecule has 23 heavy (non-hydrogen) atoms. The molecule has 0 unspecified atom stereocenters. The minimum absolute atomic E-state index is 0.0202. The first-order valence-corrected chi connectivity index (χ1v) is 6.90. The standard InChI is InChI=1S/C14H13ClF2N4O2/c1-18-13(22)10-3-5-12(21-20-10)19-7-8-6-9(15)2-4-11(8)23-14(16)17/h2-6,14H,7H2,1H3,(H,18,22)(H,19,21). The first-order valence-electron chi connectivity index (χ1n) is 6.52. The van der Waals surface area contributed by atoms with Gasteiger partial charge in [-0.25, -0.2) is 0 Å². The molecule has 0 aliphatic rings. The third-order valence-corrected chi connectivity index (χ3v) is 3.06. The zero-order chi connectivity index (χ0) is 16.8. The molecule has 0 saturated carbocycles. The Labute approximate surface area is 135 Å². The van der Waals surface area contributed by atoms with Crippen molar-refractivity contribution < 1.29 is 18.3 Å². The summed E-state index contributed by atoms with van der Waals surface area (Å²) in [6.45, 7) is -2.78. The number of ether oxygens (including phenoxy) is 1.